The summed E-state index contributed by atoms with van der Waals surface area (Å²) in [7, 11) is 1.31. The molecule has 3 amide bonds. The van der Waals surface area contributed by atoms with Gasteiger partial charge in [0.05, 0.1) is 12.7 Å². The van der Waals surface area contributed by atoms with E-state index in [4.69, 9.17) is 19.9 Å². The fourth-order valence-corrected chi connectivity index (χ4v) is 6.25. The molecule has 2 fully saturated rings. The predicted octanol–water partition coefficient (Wildman–Crippen LogP) is 4.42. The van der Waals surface area contributed by atoms with Crippen LogP contribution in [0.2, 0.25) is 0 Å². The van der Waals surface area contributed by atoms with Crippen molar-refractivity contribution in [1.82, 2.24) is 10.2 Å². The van der Waals surface area contributed by atoms with Crippen LogP contribution in [0.5, 0.6) is 5.75 Å². The lowest BCUT2D eigenvalue weighted by Crippen LogP contribution is -2.63. The van der Waals surface area contributed by atoms with E-state index in [1.807, 2.05) is 51.1 Å². The average molecular weight is 594 g/mol. The number of nitrogens with two attached hydrogens (primary N) is 1. The third kappa shape index (κ3) is 7.47. The highest BCUT2D eigenvalue weighted by Gasteiger charge is 2.57. The van der Waals surface area contributed by atoms with E-state index in [2.05, 4.69) is 5.32 Å². The summed E-state index contributed by atoms with van der Waals surface area (Å²) in [4.78, 5) is 53.1. The number of hydrogen-bond donors (Lipinski definition) is 2. The van der Waals surface area contributed by atoms with Gasteiger partial charge in [0.1, 0.15) is 18.0 Å². The Morgan fingerprint density at radius 2 is 1.60 bits per heavy atom. The molecule has 1 saturated heterocycles. The standard InChI is InChI=1S/C33H43N3O7/c1-32(2,3)43-31(40)35-20-22-10-12-24(13-11-22)28(37)36-19-18-27(23-8-6-5-7-9-23)33(36,30(34)39)21-42-26-16-14-25(15-17-26)29(38)41-4/h5-9,14-17,22,24,27H,10-13,18-21H2,1-4H3,(H2,34,39)(H,35,40)/t22-,24-,27-,33+/m0/s1. The molecular weight excluding hydrogens is 550 g/mol. The summed E-state index contributed by atoms with van der Waals surface area (Å²) < 4.78 is 16.3. The van der Waals surface area contributed by atoms with Crippen LogP contribution in [-0.4, -0.2) is 66.7 Å². The number of nitrogens with zero attached hydrogens (tertiary/aromatic N) is 1. The Bertz CT molecular complexity index is 1280. The first-order chi connectivity index (χ1) is 20.4. The lowest BCUT2D eigenvalue weighted by molar-refractivity contribution is -0.150. The largest absolute Gasteiger partial charge is 0.491 e. The second kappa shape index (κ2) is 13.5. The molecule has 2 aliphatic rings. The van der Waals surface area contributed by atoms with Crippen LogP contribution in [0.15, 0.2) is 54.6 Å². The fraction of sp³-hybridized carbons (Fsp3) is 0.515. The number of likely N-dealkylation sites (tertiary alicyclic amines) is 1. The van der Waals surface area contributed by atoms with E-state index < -0.39 is 29.1 Å². The number of amides is 3. The molecule has 0 spiro atoms. The quantitative estimate of drug-likeness (QED) is 0.411. The third-order valence-electron chi connectivity index (χ3n) is 8.46. The summed E-state index contributed by atoms with van der Waals surface area (Å²) in [5, 5.41) is 2.85. The monoisotopic (exact) mass is 593 g/mol. The van der Waals surface area contributed by atoms with Crippen molar-refractivity contribution < 1.29 is 33.4 Å². The van der Waals surface area contributed by atoms with Crippen LogP contribution in [0.3, 0.4) is 0 Å². The number of methoxy groups -OCH3 is 1. The van der Waals surface area contributed by atoms with Crippen molar-refractivity contribution in [3.05, 3.63) is 65.7 Å². The molecule has 0 aromatic heterocycles. The van der Waals surface area contributed by atoms with Crippen molar-refractivity contribution in [2.24, 2.45) is 17.6 Å². The summed E-state index contributed by atoms with van der Waals surface area (Å²) in [6.07, 6.45) is 2.97. The number of ether oxygens (including phenoxy) is 3. The molecule has 0 radical (unpaired) electrons. The lowest BCUT2D eigenvalue weighted by Gasteiger charge is -2.41. The van der Waals surface area contributed by atoms with Crippen LogP contribution >= 0.6 is 0 Å². The highest BCUT2D eigenvalue weighted by Crippen LogP contribution is 2.44. The lowest BCUT2D eigenvalue weighted by atomic mass is 9.77. The van der Waals surface area contributed by atoms with Crippen molar-refractivity contribution in [2.45, 2.75) is 69.9 Å². The Labute approximate surface area is 253 Å². The maximum Gasteiger partial charge on any atom is 0.407 e. The van der Waals surface area contributed by atoms with Crippen LogP contribution in [0, 0.1) is 11.8 Å². The van der Waals surface area contributed by atoms with Gasteiger partial charge in [0, 0.05) is 24.9 Å². The van der Waals surface area contributed by atoms with Crippen LogP contribution in [0.4, 0.5) is 4.79 Å². The average Bonchev–Trinajstić information content (AvgIpc) is 3.39. The van der Waals surface area contributed by atoms with Gasteiger partial charge >= 0.3 is 12.1 Å². The topological polar surface area (TPSA) is 137 Å². The molecule has 0 bridgehead atoms. The number of esters is 1. The Morgan fingerprint density at radius 1 is 0.953 bits per heavy atom. The molecule has 1 saturated carbocycles. The van der Waals surface area contributed by atoms with Gasteiger partial charge in [-0.15, -0.1) is 0 Å². The van der Waals surface area contributed by atoms with Crippen molar-refractivity contribution in [1.29, 1.82) is 0 Å². The van der Waals surface area contributed by atoms with Gasteiger partial charge in [0.25, 0.3) is 0 Å². The summed E-state index contributed by atoms with van der Waals surface area (Å²) in [5.41, 5.74) is 5.50. The van der Waals surface area contributed by atoms with Crippen molar-refractivity contribution >= 4 is 23.9 Å². The summed E-state index contributed by atoms with van der Waals surface area (Å²) in [6, 6.07) is 16.0. The van der Waals surface area contributed by atoms with Gasteiger partial charge in [-0.05, 0) is 88.6 Å². The van der Waals surface area contributed by atoms with Gasteiger partial charge in [-0.2, -0.15) is 0 Å². The molecule has 232 valence electrons. The molecule has 10 heteroatoms. The number of primary amides is 1. The van der Waals surface area contributed by atoms with Crippen molar-refractivity contribution in [3.8, 4) is 5.75 Å². The van der Waals surface area contributed by atoms with E-state index in [-0.39, 0.29) is 30.3 Å². The molecular formula is C33H43N3O7. The summed E-state index contributed by atoms with van der Waals surface area (Å²) in [6.45, 7) is 6.21. The Kier molecular flexibility index (Phi) is 9.98. The van der Waals surface area contributed by atoms with Gasteiger partial charge in [-0.1, -0.05) is 30.3 Å². The number of rotatable bonds is 9. The van der Waals surface area contributed by atoms with Gasteiger partial charge in [0.15, 0.2) is 5.54 Å². The summed E-state index contributed by atoms with van der Waals surface area (Å²) >= 11 is 0. The Morgan fingerprint density at radius 3 is 2.19 bits per heavy atom. The second-order valence-corrected chi connectivity index (χ2v) is 12.4. The van der Waals surface area contributed by atoms with Crippen LogP contribution in [-0.2, 0) is 19.1 Å². The molecule has 2 aromatic carbocycles. The van der Waals surface area contributed by atoms with E-state index in [1.54, 1.807) is 29.2 Å². The van der Waals surface area contributed by atoms with E-state index in [9.17, 15) is 19.2 Å². The van der Waals surface area contributed by atoms with Crippen LogP contribution in [0.1, 0.15) is 74.7 Å². The fourth-order valence-electron chi connectivity index (χ4n) is 6.25. The normalized spacial score (nSPS) is 23.7. The molecule has 10 nitrogen and oxygen atoms in total. The second-order valence-electron chi connectivity index (χ2n) is 12.4. The molecule has 2 atom stereocenters. The summed E-state index contributed by atoms with van der Waals surface area (Å²) in [5.74, 6) is -1.10. The molecule has 3 N–H and O–H groups in total. The SMILES string of the molecule is COC(=O)c1ccc(OC[C@]2(C(N)=O)[C@H](c3ccccc3)CCN2C(=O)[C@H]2CC[C@H](CNC(=O)OC(C)(C)C)CC2)cc1. The van der Waals surface area contributed by atoms with Gasteiger partial charge < -0.3 is 30.2 Å². The zero-order valence-electron chi connectivity index (χ0n) is 25.5. The van der Waals surface area contributed by atoms with Crippen LogP contribution < -0.4 is 15.8 Å². The number of hydrogen-bond acceptors (Lipinski definition) is 7. The first kappa shape index (κ1) is 31.8. The van der Waals surface area contributed by atoms with E-state index in [1.165, 1.54) is 7.11 Å². The zero-order chi connectivity index (χ0) is 31.2. The first-order valence-electron chi connectivity index (χ1n) is 14.9. The minimum absolute atomic E-state index is 0.0968. The highest BCUT2D eigenvalue weighted by molar-refractivity contribution is 5.93. The van der Waals surface area contributed by atoms with Gasteiger partial charge in [-0.3, -0.25) is 9.59 Å². The van der Waals surface area contributed by atoms with Crippen LogP contribution in [0.25, 0.3) is 0 Å². The van der Waals surface area contributed by atoms with Crippen molar-refractivity contribution in [2.75, 3.05) is 26.8 Å². The minimum Gasteiger partial charge on any atom is -0.491 e. The van der Waals surface area contributed by atoms with Crippen molar-refractivity contribution in [3.63, 3.8) is 0 Å². The highest BCUT2D eigenvalue weighted by atomic mass is 16.6. The van der Waals surface area contributed by atoms with Gasteiger partial charge in [-0.25, -0.2) is 9.59 Å². The minimum atomic E-state index is -1.39. The first-order valence-corrected chi connectivity index (χ1v) is 14.9. The maximum absolute atomic E-state index is 14.1. The van der Waals surface area contributed by atoms with E-state index in [0.717, 1.165) is 18.4 Å². The third-order valence-corrected chi connectivity index (χ3v) is 8.46. The van der Waals surface area contributed by atoms with Gasteiger partial charge in [0.2, 0.25) is 11.8 Å². The molecule has 1 heterocycles. The maximum atomic E-state index is 14.1. The number of carbonyl (C=O) groups is 4. The number of alkyl carbamates (subject to hydrolysis) is 1. The van der Waals surface area contributed by atoms with E-state index in [0.29, 0.717) is 43.7 Å². The molecule has 1 aliphatic carbocycles. The Balaban J connectivity index is 1.49. The van der Waals surface area contributed by atoms with E-state index >= 15 is 0 Å². The predicted molar refractivity (Wildman–Crippen MR) is 160 cm³/mol. The number of carbonyl (C=O) groups excluding carboxylic acids is 4. The molecule has 1 aliphatic heterocycles. The number of nitrogens with one attached hydrogen (secondary N) is 1. The molecule has 4 rings (SSSR count). The molecule has 2 aromatic rings. The number of benzene rings is 2. The zero-order valence-corrected chi connectivity index (χ0v) is 25.5. The molecule has 43 heavy (non-hydrogen) atoms. The molecule has 0 unspecified atom stereocenters. The Hall–Kier alpha value is -4.08. The smallest absolute Gasteiger partial charge is 0.407 e.